The van der Waals surface area contributed by atoms with Crippen LogP contribution in [0.4, 0.5) is 8.78 Å². The largest absolute Gasteiger partial charge is 0.501 e. The van der Waals surface area contributed by atoms with Gasteiger partial charge in [0.1, 0.15) is 11.6 Å². The molecule has 1 aliphatic heterocycles. The number of aliphatic hydroxyl groups is 1. The summed E-state index contributed by atoms with van der Waals surface area (Å²) >= 11 is 0. The molecule has 92 valence electrons. The van der Waals surface area contributed by atoms with Crippen molar-refractivity contribution >= 4 is 0 Å². The summed E-state index contributed by atoms with van der Waals surface area (Å²) in [6.45, 7) is 0.629. The molecule has 0 fully saturated rings. The Morgan fingerprint density at radius 1 is 1.29 bits per heavy atom. The number of hydrogen-bond donors (Lipinski definition) is 1. The molecule has 0 spiro atoms. The topological polar surface area (TPSA) is 29.5 Å². The summed E-state index contributed by atoms with van der Waals surface area (Å²) in [5.41, 5.74) is 0.616. The van der Waals surface area contributed by atoms with Gasteiger partial charge in [-0.25, -0.2) is 8.78 Å². The van der Waals surface area contributed by atoms with Crippen LogP contribution >= 0.6 is 0 Å². The highest BCUT2D eigenvalue weighted by Gasteiger charge is 2.18. The summed E-state index contributed by atoms with van der Waals surface area (Å²) in [7, 11) is 0. The van der Waals surface area contributed by atoms with Gasteiger partial charge in [-0.15, -0.1) is 0 Å². The van der Waals surface area contributed by atoms with Gasteiger partial charge in [0.2, 0.25) is 0 Å². The van der Waals surface area contributed by atoms with Crippen LogP contribution in [0.3, 0.4) is 0 Å². The molecule has 1 atom stereocenters. The van der Waals surface area contributed by atoms with Gasteiger partial charge < -0.3 is 9.84 Å². The molecule has 0 bridgehead atoms. The van der Waals surface area contributed by atoms with E-state index in [1.807, 2.05) is 0 Å². The van der Waals surface area contributed by atoms with Crippen molar-refractivity contribution < 1.29 is 18.6 Å². The molecule has 1 N–H and O–H groups in total. The monoisotopic (exact) mass is 240 g/mol. The molecule has 0 aliphatic carbocycles. The molecule has 1 aromatic rings. The van der Waals surface area contributed by atoms with Crippen LogP contribution in [0.1, 0.15) is 18.4 Å². The average Bonchev–Trinajstić information content (AvgIpc) is 2.35. The van der Waals surface area contributed by atoms with Crippen molar-refractivity contribution in [3.05, 3.63) is 47.2 Å². The van der Waals surface area contributed by atoms with Crippen molar-refractivity contribution in [2.75, 3.05) is 6.61 Å². The molecule has 1 aromatic carbocycles. The molecule has 1 heterocycles. The molecule has 0 amide bonds. The van der Waals surface area contributed by atoms with Crippen LogP contribution in [0.15, 0.2) is 30.0 Å². The van der Waals surface area contributed by atoms with E-state index in [1.165, 1.54) is 24.5 Å². The minimum Gasteiger partial charge on any atom is -0.501 e. The molecule has 1 unspecified atom stereocenters. The Labute approximate surface area is 98.5 Å². The van der Waals surface area contributed by atoms with Crippen LogP contribution in [0.25, 0.3) is 0 Å². The molecule has 0 aromatic heterocycles. The number of rotatable bonds is 3. The van der Waals surface area contributed by atoms with Gasteiger partial charge in [0.25, 0.3) is 0 Å². The highest BCUT2D eigenvalue weighted by atomic mass is 19.1. The Balaban J connectivity index is 2.12. The quantitative estimate of drug-likeness (QED) is 0.879. The van der Waals surface area contributed by atoms with E-state index in [4.69, 9.17) is 4.74 Å². The fourth-order valence-corrected chi connectivity index (χ4v) is 1.88. The number of aliphatic hydroxyl groups excluding tert-OH is 1. The van der Waals surface area contributed by atoms with E-state index < -0.39 is 17.7 Å². The van der Waals surface area contributed by atoms with Gasteiger partial charge in [-0.1, -0.05) is 6.07 Å². The maximum atomic E-state index is 13.4. The van der Waals surface area contributed by atoms with E-state index in [-0.39, 0.29) is 12.0 Å². The summed E-state index contributed by atoms with van der Waals surface area (Å²) in [4.78, 5) is 0. The van der Waals surface area contributed by atoms with Gasteiger partial charge in [-0.2, -0.15) is 0 Å². The lowest BCUT2D eigenvalue weighted by atomic mass is 9.97. The van der Waals surface area contributed by atoms with E-state index in [0.717, 1.165) is 6.42 Å². The minimum atomic E-state index is -0.887. The molecule has 2 rings (SSSR count). The zero-order valence-electron chi connectivity index (χ0n) is 9.33. The molecule has 0 saturated heterocycles. The van der Waals surface area contributed by atoms with Gasteiger partial charge in [0, 0.05) is 12.0 Å². The summed E-state index contributed by atoms with van der Waals surface area (Å²) < 4.78 is 31.8. The molecule has 17 heavy (non-hydrogen) atoms. The predicted octanol–water partition coefficient (Wildman–Crippen LogP) is 2.56. The second-order valence-electron chi connectivity index (χ2n) is 4.09. The van der Waals surface area contributed by atoms with E-state index >= 15 is 0 Å². The van der Waals surface area contributed by atoms with Gasteiger partial charge in [-0.3, -0.25) is 0 Å². The first kappa shape index (κ1) is 12.0. The third kappa shape index (κ3) is 2.82. The van der Waals surface area contributed by atoms with Crippen LogP contribution < -0.4 is 0 Å². The number of ether oxygens (including phenoxy) is 1. The van der Waals surface area contributed by atoms with Crippen molar-refractivity contribution in [2.24, 2.45) is 0 Å². The van der Waals surface area contributed by atoms with E-state index in [2.05, 4.69) is 0 Å². The van der Waals surface area contributed by atoms with Crippen molar-refractivity contribution in [3.8, 4) is 0 Å². The highest BCUT2D eigenvalue weighted by molar-refractivity contribution is 5.23. The molecule has 1 aliphatic rings. The lowest BCUT2D eigenvalue weighted by Crippen LogP contribution is -2.18. The molecule has 0 radical (unpaired) electrons. The summed E-state index contributed by atoms with van der Waals surface area (Å²) in [5, 5.41) is 9.89. The van der Waals surface area contributed by atoms with Crippen LogP contribution in [0, 0.1) is 11.6 Å². The van der Waals surface area contributed by atoms with Gasteiger partial charge in [-0.05, 0) is 30.5 Å². The van der Waals surface area contributed by atoms with Crippen molar-refractivity contribution in [1.82, 2.24) is 0 Å². The van der Waals surface area contributed by atoms with Gasteiger partial charge >= 0.3 is 0 Å². The van der Waals surface area contributed by atoms with E-state index in [9.17, 15) is 13.9 Å². The van der Waals surface area contributed by atoms with Crippen LogP contribution in [0.5, 0.6) is 0 Å². The van der Waals surface area contributed by atoms with E-state index in [0.29, 0.717) is 18.6 Å². The van der Waals surface area contributed by atoms with Crippen LogP contribution in [-0.4, -0.2) is 17.8 Å². The SMILES string of the molecule is OC(Cc1c(F)cccc1F)C1=COCCC1. The zero-order chi connectivity index (χ0) is 12.3. The Hall–Kier alpha value is -1.42. The zero-order valence-corrected chi connectivity index (χ0v) is 9.33. The van der Waals surface area contributed by atoms with Crippen molar-refractivity contribution in [2.45, 2.75) is 25.4 Å². The second-order valence-corrected chi connectivity index (χ2v) is 4.09. The fourth-order valence-electron chi connectivity index (χ4n) is 1.88. The first-order valence-corrected chi connectivity index (χ1v) is 5.60. The summed E-state index contributed by atoms with van der Waals surface area (Å²) in [6.07, 6.45) is 2.07. The molecule has 4 heteroatoms. The minimum absolute atomic E-state index is 0.0618. The lowest BCUT2D eigenvalue weighted by Gasteiger charge is -2.19. The van der Waals surface area contributed by atoms with Crippen molar-refractivity contribution in [1.29, 1.82) is 0 Å². The van der Waals surface area contributed by atoms with Crippen LogP contribution in [-0.2, 0) is 11.2 Å². The Kier molecular flexibility index (Phi) is 3.74. The Morgan fingerprint density at radius 2 is 2.00 bits per heavy atom. The Morgan fingerprint density at radius 3 is 2.59 bits per heavy atom. The van der Waals surface area contributed by atoms with Crippen LogP contribution in [0.2, 0.25) is 0 Å². The van der Waals surface area contributed by atoms with Gasteiger partial charge in [0.15, 0.2) is 0 Å². The summed E-state index contributed by atoms with van der Waals surface area (Å²) in [6, 6.07) is 3.69. The predicted molar refractivity (Wildman–Crippen MR) is 59.3 cm³/mol. The second kappa shape index (κ2) is 5.27. The smallest absolute Gasteiger partial charge is 0.129 e. The molecular formula is C13H14F2O2. The third-order valence-corrected chi connectivity index (χ3v) is 2.85. The number of hydrogen-bond acceptors (Lipinski definition) is 2. The molecular weight excluding hydrogens is 226 g/mol. The normalized spacial score (nSPS) is 17.2. The lowest BCUT2D eigenvalue weighted by molar-refractivity contribution is 0.167. The fraction of sp³-hybridized carbons (Fsp3) is 0.385. The first-order valence-electron chi connectivity index (χ1n) is 5.60. The molecule has 2 nitrogen and oxygen atoms in total. The molecule has 0 saturated carbocycles. The Bertz CT molecular complexity index is 409. The maximum Gasteiger partial charge on any atom is 0.129 e. The third-order valence-electron chi connectivity index (χ3n) is 2.85. The van der Waals surface area contributed by atoms with Crippen molar-refractivity contribution in [3.63, 3.8) is 0 Å². The number of halogens is 2. The van der Waals surface area contributed by atoms with E-state index in [1.54, 1.807) is 0 Å². The highest BCUT2D eigenvalue weighted by Crippen LogP contribution is 2.21. The maximum absolute atomic E-state index is 13.4. The number of benzene rings is 1. The summed E-state index contributed by atoms with van der Waals surface area (Å²) in [5.74, 6) is -1.25. The standard InChI is InChI=1S/C13H14F2O2/c14-11-4-1-5-12(15)10(11)7-13(16)9-3-2-6-17-8-9/h1,4-5,8,13,16H,2-3,6-7H2. The first-order chi connectivity index (χ1) is 8.18. The van der Waals surface area contributed by atoms with Gasteiger partial charge in [0.05, 0.1) is 19.0 Å². The average molecular weight is 240 g/mol.